The summed E-state index contributed by atoms with van der Waals surface area (Å²) in [5.74, 6) is 0.757. The average Bonchev–Trinajstić information content (AvgIpc) is 3.05. The Kier molecular flexibility index (Phi) is 4.50. The van der Waals surface area contributed by atoms with Crippen LogP contribution in [0.3, 0.4) is 0 Å². The number of aryl methyl sites for hydroxylation is 2. The van der Waals surface area contributed by atoms with Gasteiger partial charge in [-0.05, 0) is 54.3 Å². The summed E-state index contributed by atoms with van der Waals surface area (Å²) in [6.45, 7) is 4.61. The Balaban J connectivity index is 1.63. The summed E-state index contributed by atoms with van der Waals surface area (Å²) in [5, 5.41) is 0. The highest BCUT2D eigenvalue weighted by Gasteiger charge is 2.13. The first-order valence-corrected chi connectivity index (χ1v) is 9.03. The minimum atomic E-state index is -0.188. The molecule has 0 bridgehead atoms. The number of nitrogens with zero attached hydrogens (tertiary/aromatic N) is 2. The van der Waals surface area contributed by atoms with Crippen LogP contribution < -0.4 is 10.4 Å². The maximum Gasteiger partial charge on any atom is 0.332 e. The highest BCUT2D eigenvalue weighted by Crippen LogP contribution is 2.21. The number of aromatic nitrogens is 3. The number of pyridine rings is 1. The number of hydrogen-bond acceptors (Lipinski definition) is 3. The van der Waals surface area contributed by atoms with Crippen LogP contribution in [0.5, 0.6) is 5.75 Å². The predicted molar refractivity (Wildman–Crippen MR) is 107 cm³/mol. The van der Waals surface area contributed by atoms with E-state index >= 15 is 0 Å². The van der Waals surface area contributed by atoms with E-state index in [0.29, 0.717) is 12.3 Å². The molecule has 2 heterocycles. The predicted octanol–water partition coefficient (Wildman–Crippen LogP) is 4.16. The molecule has 0 amide bonds. The Morgan fingerprint density at radius 2 is 1.81 bits per heavy atom. The molecule has 4 rings (SSSR count). The van der Waals surface area contributed by atoms with E-state index < -0.39 is 0 Å². The van der Waals surface area contributed by atoms with Gasteiger partial charge < -0.3 is 9.72 Å². The van der Waals surface area contributed by atoms with Crippen molar-refractivity contribution in [1.29, 1.82) is 0 Å². The Morgan fingerprint density at radius 1 is 1.07 bits per heavy atom. The smallest absolute Gasteiger partial charge is 0.332 e. The monoisotopic (exact) mass is 359 g/mol. The molecule has 5 heteroatoms. The van der Waals surface area contributed by atoms with Gasteiger partial charge in [0.05, 0.1) is 11.2 Å². The number of nitrogens with one attached hydrogen (secondary N) is 1. The van der Waals surface area contributed by atoms with E-state index in [4.69, 9.17) is 4.74 Å². The first kappa shape index (κ1) is 17.1. The van der Waals surface area contributed by atoms with Crippen LogP contribution in [-0.2, 0) is 13.0 Å². The lowest BCUT2D eigenvalue weighted by Crippen LogP contribution is -2.14. The van der Waals surface area contributed by atoms with E-state index in [-0.39, 0.29) is 5.69 Å². The van der Waals surface area contributed by atoms with Gasteiger partial charge >= 0.3 is 5.69 Å². The second kappa shape index (κ2) is 7.11. The van der Waals surface area contributed by atoms with Gasteiger partial charge in [0, 0.05) is 6.20 Å². The van der Waals surface area contributed by atoms with Gasteiger partial charge in [-0.1, -0.05) is 37.3 Å². The van der Waals surface area contributed by atoms with Gasteiger partial charge in [0.1, 0.15) is 12.4 Å². The molecule has 0 radical (unpaired) electrons. The van der Waals surface area contributed by atoms with Crippen LogP contribution in [0, 0.1) is 6.92 Å². The van der Waals surface area contributed by atoms with E-state index in [1.165, 1.54) is 0 Å². The molecular weight excluding hydrogens is 338 g/mol. The molecule has 0 saturated carbocycles. The van der Waals surface area contributed by atoms with Crippen molar-refractivity contribution < 1.29 is 4.74 Å². The molecule has 4 aromatic rings. The largest absolute Gasteiger partial charge is 0.489 e. The van der Waals surface area contributed by atoms with Crippen molar-refractivity contribution in [2.24, 2.45) is 0 Å². The number of ether oxygens (including phenoxy) is 1. The topological polar surface area (TPSA) is 59.9 Å². The number of H-pyrrole nitrogens is 1. The molecule has 0 spiro atoms. The molecule has 0 saturated heterocycles. The first-order chi connectivity index (χ1) is 13.2. The minimum Gasteiger partial charge on any atom is -0.489 e. The quantitative estimate of drug-likeness (QED) is 0.582. The van der Waals surface area contributed by atoms with Gasteiger partial charge in [0.25, 0.3) is 0 Å². The van der Waals surface area contributed by atoms with Crippen LogP contribution in [0.15, 0.2) is 65.6 Å². The SMILES string of the molecule is CCc1cnc2c([nH]c(=O)n2-c2ccc(OCc3ccccc3)cc2)c1C. The number of rotatable bonds is 5. The van der Waals surface area contributed by atoms with Gasteiger partial charge in [-0.15, -0.1) is 0 Å². The second-order valence-electron chi connectivity index (χ2n) is 6.49. The van der Waals surface area contributed by atoms with Crippen LogP contribution in [0.25, 0.3) is 16.9 Å². The summed E-state index contributed by atoms with van der Waals surface area (Å²) < 4.78 is 7.42. The van der Waals surface area contributed by atoms with Crippen molar-refractivity contribution in [1.82, 2.24) is 14.5 Å². The molecule has 1 N–H and O–H groups in total. The average molecular weight is 359 g/mol. The molecule has 5 nitrogen and oxygen atoms in total. The van der Waals surface area contributed by atoms with Crippen molar-refractivity contribution in [3.8, 4) is 11.4 Å². The number of imidazole rings is 1. The highest BCUT2D eigenvalue weighted by atomic mass is 16.5. The number of fused-ring (bicyclic) bond motifs is 1. The molecule has 0 aliphatic carbocycles. The lowest BCUT2D eigenvalue weighted by molar-refractivity contribution is 0.306. The minimum absolute atomic E-state index is 0.188. The van der Waals surface area contributed by atoms with E-state index in [1.54, 1.807) is 4.57 Å². The van der Waals surface area contributed by atoms with Gasteiger partial charge in [0.15, 0.2) is 5.65 Å². The molecule has 2 aromatic carbocycles. The van der Waals surface area contributed by atoms with Gasteiger partial charge in [-0.3, -0.25) is 0 Å². The Hall–Kier alpha value is -3.34. The summed E-state index contributed by atoms with van der Waals surface area (Å²) in [6.07, 6.45) is 2.73. The fourth-order valence-electron chi connectivity index (χ4n) is 3.24. The lowest BCUT2D eigenvalue weighted by atomic mass is 10.1. The molecule has 0 aliphatic rings. The number of aromatic amines is 1. The third-order valence-electron chi connectivity index (χ3n) is 4.79. The van der Waals surface area contributed by atoms with Crippen molar-refractivity contribution in [3.05, 3.63) is 88.0 Å². The van der Waals surface area contributed by atoms with Crippen LogP contribution in [-0.4, -0.2) is 14.5 Å². The van der Waals surface area contributed by atoms with Crippen LogP contribution in [0.2, 0.25) is 0 Å². The molecule has 2 aromatic heterocycles. The third-order valence-corrected chi connectivity index (χ3v) is 4.79. The van der Waals surface area contributed by atoms with Gasteiger partial charge in [0.2, 0.25) is 0 Å². The molecule has 0 aliphatic heterocycles. The summed E-state index contributed by atoms with van der Waals surface area (Å²) >= 11 is 0. The number of hydrogen-bond donors (Lipinski definition) is 1. The maximum absolute atomic E-state index is 12.5. The van der Waals surface area contributed by atoms with E-state index in [0.717, 1.165) is 40.1 Å². The number of benzene rings is 2. The van der Waals surface area contributed by atoms with Gasteiger partial charge in [-0.25, -0.2) is 14.3 Å². The summed E-state index contributed by atoms with van der Waals surface area (Å²) in [4.78, 5) is 20.0. The van der Waals surface area contributed by atoms with Crippen molar-refractivity contribution in [2.45, 2.75) is 26.9 Å². The Labute approximate surface area is 157 Å². The molecule has 0 fully saturated rings. The molecular formula is C22H21N3O2. The standard InChI is InChI=1S/C22H21N3O2/c1-3-17-13-23-21-20(15(17)2)24-22(26)25(21)18-9-11-19(12-10-18)27-14-16-7-5-4-6-8-16/h4-13H,3,14H2,1-2H3,(H,24,26). The summed E-state index contributed by atoms with van der Waals surface area (Å²) in [7, 11) is 0. The van der Waals surface area contributed by atoms with E-state index in [2.05, 4.69) is 16.9 Å². The zero-order valence-corrected chi connectivity index (χ0v) is 15.4. The van der Waals surface area contributed by atoms with Gasteiger partial charge in [-0.2, -0.15) is 0 Å². The maximum atomic E-state index is 12.5. The fraction of sp³-hybridized carbons (Fsp3) is 0.182. The van der Waals surface area contributed by atoms with E-state index in [9.17, 15) is 4.79 Å². The Bertz CT molecular complexity index is 1130. The molecule has 0 unspecified atom stereocenters. The fourth-order valence-corrected chi connectivity index (χ4v) is 3.24. The molecule has 27 heavy (non-hydrogen) atoms. The zero-order valence-electron chi connectivity index (χ0n) is 15.4. The molecule has 0 atom stereocenters. The van der Waals surface area contributed by atoms with Crippen molar-refractivity contribution in [2.75, 3.05) is 0 Å². The highest BCUT2D eigenvalue weighted by molar-refractivity contribution is 5.77. The lowest BCUT2D eigenvalue weighted by Gasteiger charge is -2.08. The van der Waals surface area contributed by atoms with Crippen LogP contribution in [0.1, 0.15) is 23.6 Å². The summed E-state index contributed by atoms with van der Waals surface area (Å²) in [6, 6.07) is 17.5. The zero-order chi connectivity index (χ0) is 18.8. The summed E-state index contributed by atoms with van der Waals surface area (Å²) in [5.41, 5.74) is 5.33. The normalized spacial score (nSPS) is 11.0. The Morgan fingerprint density at radius 3 is 2.52 bits per heavy atom. The van der Waals surface area contributed by atoms with Crippen molar-refractivity contribution in [3.63, 3.8) is 0 Å². The second-order valence-corrected chi connectivity index (χ2v) is 6.49. The first-order valence-electron chi connectivity index (χ1n) is 9.03. The molecule has 136 valence electrons. The van der Waals surface area contributed by atoms with Crippen molar-refractivity contribution >= 4 is 11.2 Å². The van der Waals surface area contributed by atoms with Crippen LogP contribution >= 0.6 is 0 Å². The van der Waals surface area contributed by atoms with Crippen LogP contribution in [0.4, 0.5) is 0 Å². The third kappa shape index (κ3) is 3.24. The van der Waals surface area contributed by atoms with E-state index in [1.807, 2.05) is 67.7 Å².